The first-order valence-corrected chi connectivity index (χ1v) is 10.6. The molecule has 5 rings (SSSR count). The molecule has 2 nitrogen and oxygen atoms in total. The molecular weight excluding hydrogens is 376 g/mol. The van der Waals surface area contributed by atoms with Crippen molar-refractivity contribution in [3.05, 3.63) is 150 Å². The molecule has 5 aromatic rings. The molecule has 4 aromatic carbocycles. The van der Waals surface area contributed by atoms with Gasteiger partial charge in [-0.3, -0.25) is 0 Å². The maximum Gasteiger partial charge on any atom is 0.126 e. The van der Waals surface area contributed by atoms with Gasteiger partial charge in [0.05, 0.1) is 5.69 Å². The SMILES string of the molecule is Cc1[nH]c(C(c2ccccc2)(c2ccccc2)c2ccccc2)nc1-c1ccccc1. The number of nitrogens with zero attached hydrogens (tertiary/aromatic N) is 1. The lowest BCUT2D eigenvalue weighted by molar-refractivity contribution is 0.691. The van der Waals surface area contributed by atoms with E-state index in [4.69, 9.17) is 4.98 Å². The van der Waals surface area contributed by atoms with Gasteiger partial charge in [0.2, 0.25) is 0 Å². The number of H-pyrrole nitrogens is 1. The number of hydrogen-bond donors (Lipinski definition) is 1. The molecule has 0 saturated heterocycles. The van der Waals surface area contributed by atoms with E-state index in [2.05, 4.69) is 127 Å². The Bertz CT molecular complexity index is 1160. The molecule has 0 amide bonds. The molecule has 0 aliphatic heterocycles. The third-order valence-electron chi connectivity index (χ3n) is 5.91. The monoisotopic (exact) mass is 400 g/mol. The van der Waals surface area contributed by atoms with Gasteiger partial charge >= 0.3 is 0 Å². The molecular formula is C29H24N2. The first-order valence-electron chi connectivity index (χ1n) is 10.6. The summed E-state index contributed by atoms with van der Waals surface area (Å²) in [6.45, 7) is 2.10. The Morgan fingerprint density at radius 3 is 1.35 bits per heavy atom. The van der Waals surface area contributed by atoms with Gasteiger partial charge in [-0.1, -0.05) is 121 Å². The van der Waals surface area contributed by atoms with E-state index in [0.29, 0.717) is 0 Å². The summed E-state index contributed by atoms with van der Waals surface area (Å²) in [5, 5.41) is 0. The van der Waals surface area contributed by atoms with Gasteiger partial charge in [-0.2, -0.15) is 0 Å². The normalized spacial score (nSPS) is 11.4. The number of rotatable bonds is 5. The predicted octanol–water partition coefficient (Wildman–Crippen LogP) is 6.77. The van der Waals surface area contributed by atoms with Crippen molar-refractivity contribution in [3.63, 3.8) is 0 Å². The Balaban J connectivity index is 1.86. The first kappa shape index (κ1) is 19.1. The van der Waals surface area contributed by atoms with Crippen LogP contribution in [0.4, 0.5) is 0 Å². The predicted molar refractivity (Wildman–Crippen MR) is 127 cm³/mol. The van der Waals surface area contributed by atoms with E-state index < -0.39 is 5.41 Å². The number of aromatic nitrogens is 2. The average molecular weight is 401 g/mol. The standard InChI is InChI=1S/C29H24N2/c1-22-27(23-14-6-2-7-15-23)31-28(30-22)29(24-16-8-3-9-17-24,25-18-10-4-11-19-25)26-20-12-5-13-21-26/h2-21H,1H3,(H,30,31). The van der Waals surface area contributed by atoms with Gasteiger partial charge in [-0.05, 0) is 23.6 Å². The summed E-state index contributed by atoms with van der Waals surface area (Å²) in [5.74, 6) is 0.924. The van der Waals surface area contributed by atoms with Crippen LogP contribution >= 0.6 is 0 Å². The van der Waals surface area contributed by atoms with Gasteiger partial charge in [0.25, 0.3) is 0 Å². The lowest BCUT2D eigenvalue weighted by Gasteiger charge is -2.34. The molecule has 0 saturated carbocycles. The van der Waals surface area contributed by atoms with Crippen LogP contribution in [-0.4, -0.2) is 9.97 Å². The van der Waals surface area contributed by atoms with E-state index in [-0.39, 0.29) is 0 Å². The summed E-state index contributed by atoms with van der Waals surface area (Å²) in [5.41, 5.74) is 6.16. The van der Waals surface area contributed by atoms with Crippen molar-refractivity contribution < 1.29 is 0 Å². The molecule has 0 radical (unpaired) electrons. The summed E-state index contributed by atoms with van der Waals surface area (Å²) >= 11 is 0. The summed E-state index contributed by atoms with van der Waals surface area (Å²) in [4.78, 5) is 8.89. The van der Waals surface area contributed by atoms with Crippen molar-refractivity contribution in [2.75, 3.05) is 0 Å². The van der Waals surface area contributed by atoms with E-state index in [9.17, 15) is 0 Å². The van der Waals surface area contributed by atoms with Crippen molar-refractivity contribution in [2.45, 2.75) is 12.3 Å². The maximum absolute atomic E-state index is 5.23. The van der Waals surface area contributed by atoms with Gasteiger partial charge in [0.15, 0.2) is 0 Å². The lowest BCUT2D eigenvalue weighted by Crippen LogP contribution is -2.32. The van der Waals surface area contributed by atoms with Crippen LogP contribution in [0, 0.1) is 6.92 Å². The third-order valence-corrected chi connectivity index (χ3v) is 5.91. The smallest absolute Gasteiger partial charge is 0.126 e. The lowest BCUT2D eigenvalue weighted by atomic mass is 9.69. The minimum absolute atomic E-state index is 0.554. The highest BCUT2D eigenvalue weighted by Crippen LogP contribution is 2.44. The molecule has 150 valence electrons. The summed E-state index contributed by atoms with van der Waals surface area (Å²) in [6.07, 6.45) is 0. The van der Waals surface area contributed by atoms with Crippen LogP contribution in [0.15, 0.2) is 121 Å². The van der Waals surface area contributed by atoms with Crippen molar-refractivity contribution in [2.24, 2.45) is 0 Å². The fourth-order valence-corrected chi connectivity index (χ4v) is 4.49. The minimum atomic E-state index is -0.554. The number of aryl methyl sites for hydroxylation is 1. The molecule has 0 aliphatic rings. The fraction of sp³-hybridized carbons (Fsp3) is 0.0690. The Labute approximate surface area is 183 Å². The highest BCUT2D eigenvalue weighted by atomic mass is 15.0. The molecule has 1 heterocycles. The largest absolute Gasteiger partial charge is 0.344 e. The maximum atomic E-state index is 5.23. The van der Waals surface area contributed by atoms with Crippen LogP contribution in [0.1, 0.15) is 28.2 Å². The molecule has 0 aliphatic carbocycles. The van der Waals surface area contributed by atoms with Crippen LogP contribution in [0.2, 0.25) is 0 Å². The number of hydrogen-bond acceptors (Lipinski definition) is 1. The zero-order valence-corrected chi connectivity index (χ0v) is 17.5. The van der Waals surface area contributed by atoms with Crippen LogP contribution in [0.3, 0.4) is 0 Å². The second kappa shape index (κ2) is 8.08. The minimum Gasteiger partial charge on any atom is -0.344 e. The van der Waals surface area contributed by atoms with E-state index in [1.54, 1.807) is 0 Å². The summed E-state index contributed by atoms with van der Waals surface area (Å²) < 4.78 is 0. The number of aromatic amines is 1. The molecule has 2 heteroatoms. The molecule has 0 unspecified atom stereocenters. The van der Waals surface area contributed by atoms with E-state index in [0.717, 1.165) is 22.8 Å². The van der Waals surface area contributed by atoms with Crippen molar-refractivity contribution in [3.8, 4) is 11.3 Å². The third kappa shape index (κ3) is 3.27. The molecule has 1 N–H and O–H groups in total. The topological polar surface area (TPSA) is 28.7 Å². The summed E-state index contributed by atoms with van der Waals surface area (Å²) in [7, 11) is 0. The number of nitrogens with one attached hydrogen (secondary N) is 1. The number of imidazole rings is 1. The Morgan fingerprint density at radius 2 is 0.935 bits per heavy atom. The molecule has 0 fully saturated rings. The van der Waals surface area contributed by atoms with Crippen molar-refractivity contribution in [1.29, 1.82) is 0 Å². The zero-order valence-electron chi connectivity index (χ0n) is 17.5. The van der Waals surface area contributed by atoms with Gasteiger partial charge < -0.3 is 4.98 Å². The van der Waals surface area contributed by atoms with Crippen molar-refractivity contribution >= 4 is 0 Å². The number of benzene rings is 4. The fourth-order valence-electron chi connectivity index (χ4n) is 4.49. The Hall–Kier alpha value is -3.91. The quantitative estimate of drug-likeness (QED) is 0.324. The van der Waals surface area contributed by atoms with Crippen molar-refractivity contribution in [1.82, 2.24) is 9.97 Å². The van der Waals surface area contributed by atoms with Crippen LogP contribution in [0.5, 0.6) is 0 Å². The molecule has 0 atom stereocenters. The van der Waals surface area contributed by atoms with Gasteiger partial charge in [0, 0.05) is 11.3 Å². The molecule has 31 heavy (non-hydrogen) atoms. The highest BCUT2D eigenvalue weighted by Gasteiger charge is 2.41. The van der Waals surface area contributed by atoms with E-state index in [1.165, 1.54) is 16.7 Å². The van der Waals surface area contributed by atoms with Gasteiger partial charge in [0.1, 0.15) is 11.2 Å². The van der Waals surface area contributed by atoms with Crippen LogP contribution in [-0.2, 0) is 5.41 Å². The van der Waals surface area contributed by atoms with Crippen LogP contribution < -0.4 is 0 Å². The molecule has 0 spiro atoms. The second-order valence-electron chi connectivity index (χ2n) is 7.77. The second-order valence-corrected chi connectivity index (χ2v) is 7.77. The van der Waals surface area contributed by atoms with E-state index in [1.807, 2.05) is 6.07 Å². The zero-order chi connectivity index (χ0) is 21.1. The van der Waals surface area contributed by atoms with E-state index >= 15 is 0 Å². The molecule has 1 aromatic heterocycles. The highest BCUT2D eigenvalue weighted by molar-refractivity contribution is 5.64. The molecule has 0 bridgehead atoms. The summed E-state index contributed by atoms with van der Waals surface area (Å²) in [6, 6.07) is 42.3. The Kier molecular flexibility index (Phi) is 4.97. The van der Waals surface area contributed by atoms with Gasteiger partial charge in [-0.25, -0.2) is 4.98 Å². The average Bonchev–Trinajstić information content (AvgIpc) is 3.24. The first-order chi connectivity index (χ1) is 15.3. The Morgan fingerprint density at radius 1 is 0.548 bits per heavy atom. The van der Waals surface area contributed by atoms with Crippen LogP contribution in [0.25, 0.3) is 11.3 Å². The van der Waals surface area contributed by atoms with Gasteiger partial charge in [-0.15, -0.1) is 0 Å².